The second-order valence-corrected chi connectivity index (χ2v) is 8.78. The topological polar surface area (TPSA) is 85.4 Å². The van der Waals surface area contributed by atoms with Crippen LogP contribution in [0.2, 0.25) is 0 Å². The second-order valence-electron chi connectivity index (χ2n) is 5.48. The Hall–Kier alpha value is -2.52. The number of aromatic nitrogens is 1. The lowest BCUT2D eigenvalue weighted by Gasteiger charge is -2.12. The lowest BCUT2D eigenvalue weighted by atomic mass is 10.3. The van der Waals surface area contributed by atoms with Crippen molar-refractivity contribution in [1.29, 1.82) is 0 Å². The number of hydrogen-bond acceptors (Lipinski definition) is 6. The van der Waals surface area contributed by atoms with Crippen molar-refractivity contribution >= 4 is 42.4 Å². The first-order valence-electron chi connectivity index (χ1n) is 7.56. The first-order chi connectivity index (χ1) is 12.3. The fraction of sp³-hybridized carbons (Fsp3) is 0.176. The lowest BCUT2D eigenvalue weighted by Crippen LogP contribution is -2.32. The summed E-state index contributed by atoms with van der Waals surface area (Å²) in [5.41, 5.74) is 0.667. The zero-order valence-corrected chi connectivity index (χ0v) is 15.5. The van der Waals surface area contributed by atoms with Gasteiger partial charge in [-0.15, -0.1) is 0 Å². The fourth-order valence-electron chi connectivity index (χ4n) is 2.26. The molecular formula is C17H15FN2O4S2. The Morgan fingerprint density at radius 1 is 1.23 bits per heavy atom. The van der Waals surface area contributed by atoms with E-state index in [1.165, 1.54) is 18.3 Å². The average Bonchev–Trinajstić information content (AvgIpc) is 3.02. The van der Waals surface area contributed by atoms with E-state index in [2.05, 4.69) is 10.3 Å². The van der Waals surface area contributed by atoms with Crippen LogP contribution in [0.15, 0.2) is 47.4 Å². The van der Waals surface area contributed by atoms with Crippen LogP contribution in [0.25, 0.3) is 10.2 Å². The molecule has 136 valence electrons. The number of anilines is 1. The molecule has 3 rings (SSSR count). The van der Waals surface area contributed by atoms with E-state index in [1.54, 1.807) is 25.3 Å². The molecule has 1 N–H and O–H groups in total. The number of thiazole rings is 1. The van der Waals surface area contributed by atoms with Crippen molar-refractivity contribution in [3.05, 3.63) is 48.3 Å². The van der Waals surface area contributed by atoms with Gasteiger partial charge in [-0.3, -0.25) is 4.79 Å². The smallest absolute Gasteiger partial charge is 0.244 e. The molecule has 0 aliphatic heterocycles. The van der Waals surface area contributed by atoms with Gasteiger partial charge in [-0.2, -0.15) is 0 Å². The highest BCUT2D eigenvalue weighted by molar-refractivity contribution is 7.92. The Morgan fingerprint density at radius 2 is 1.92 bits per heavy atom. The standard InChI is InChI=1S/C17H15FN2O4S2/c1-10(26(22,23)13-6-3-11(18)4-7-13)16(21)20-17-19-14-8-5-12(24-2)9-15(14)25-17/h3-10H,1-2H3,(H,19,20,21). The van der Waals surface area contributed by atoms with Crippen LogP contribution in [-0.4, -0.2) is 31.7 Å². The van der Waals surface area contributed by atoms with E-state index < -0.39 is 26.8 Å². The lowest BCUT2D eigenvalue weighted by molar-refractivity contribution is -0.115. The molecular weight excluding hydrogens is 379 g/mol. The number of hydrogen-bond donors (Lipinski definition) is 1. The van der Waals surface area contributed by atoms with Gasteiger partial charge in [-0.1, -0.05) is 11.3 Å². The monoisotopic (exact) mass is 394 g/mol. The number of sulfone groups is 1. The third-order valence-electron chi connectivity index (χ3n) is 3.80. The molecule has 1 atom stereocenters. The summed E-state index contributed by atoms with van der Waals surface area (Å²) < 4.78 is 44.0. The zero-order valence-electron chi connectivity index (χ0n) is 13.9. The molecule has 0 aliphatic rings. The molecule has 1 aromatic heterocycles. The third kappa shape index (κ3) is 3.54. The Bertz CT molecular complexity index is 1060. The van der Waals surface area contributed by atoms with Crippen molar-refractivity contribution in [2.75, 3.05) is 12.4 Å². The maximum atomic E-state index is 13.0. The molecule has 2 aromatic carbocycles. The summed E-state index contributed by atoms with van der Waals surface area (Å²) in [5.74, 6) is -0.599. The molecule has 26 heavy (non-hydrogen) atoms. The largest absolute Gasteiger partial charge is 0.497 e. The van der Waals surface area contributed by atoms with Crippen LogP contribution in [-0.2, 0) is 14.6 Å². The van der Waals surface area contributed by atoms with Gasteiger partial charge < -0.3 is 10.1 Å². The first-order valence-corrected chi connectivity index (χ1v) is 9.92. The molecule has 0 radical (unpaired) electrons. The Labute approximate surface area is 153 Å². The number of carbonyl (C=O) groups is 1. The Balaban J connectivity index is 1.81. The van der Waals surface area contributed by atoms with Crippen LogP contribution in [0.5, 0.6) is 5.75 Å². The second kappa shape index (κ2) is 7.00. The van der Waals surface area contributed by atoms with Crippen molar-refractivity contribution < 1.29 is 22.3 Å². The van der Waals surface area contributed by atoms with Gasteiger partial charge in [0.15, 0.2) is 15.0 Å². The number of fused-ring (bicyclic) bond motifs is 1. The summed E-state index contributed by atoms with van der Waals surface area (Å²) in [6, 6.07) is 9.63. The van der Waals surface area contributed by atoms with Crippen molar-refractivity contribution in [2.24, 2.45) is 0 Å². The summed E-state index contributed by atoms with van der Waals surface area (Å²) in [6.07, 6.45) is 0. The van der Waals surface area contributed by atoms with Gasteiger partial charge in [0.05, 0.1) is 22.2 Å². The van der Waals surface area contributed by atoms with Gasteiger partial charge in [0.2, 0.25) is 5.91 Å². The van der Waals surface area contributed by atoms with E-state index in [9.17, 15) is 17.6 Å². The fourth-order valence-corrected chi connectivity index (χ4v) is 4.42. The van der Waals surface area contributed by atoms with Crippen LogP contribution in [0, 0.1) is 5.82 Å². The molecule has 0 saturated carbocycles. The average molecular weight is 394 g/mol. The molecule has 0 saturated heterocycles. The number of halogens is 1. The summed E-state index contributed by atoms with van der Waals surface area (Å²) in [6.45, 7) is 1.28. The van der Waals surface area contributed by atoms with E-state index in [-0.39, 0.29) is 4.90 Å². The van der Waals surface area contributed by atoms with Gasteiger partial charge in [-0.25, -0.2) is 17.8 Å². The molecule has 1 amide bonds. The van der Waals surface area contributed by atoms with Crippen LogP contribution in [0.3, 0.4) is 0 Å². The predicted molar refractivity (Wildman–Crippen MR) is 97.8 cm³/mol. The predicted octanol–water partition coefficient (Wildman–Crippen LogP) is 3.24. The first kappa shape index (κ1) is 18.3. The van der Waals surface area contributed by atoms with Gasteiger partial charge in [0, 0.05) is 0 Å². The molecule has 0 spiro atoms. The molecule has 6 nitrogen and oxygen atoms in total. The minimum atomic E-state index is -3.94. The number of benzene rings is 2. The highest BCUT2D eigenvalue weighted by Gasteiger charge is 2.30. The minimum Gasteiger partial charge on any atom is -0.497 e. The zero-order chi connectivity index (χ0) is 18.9. The normalized spacial score (nSPS) is 12.7. The molecule has 3 aromatic rings. The van der Waals surface area contributed by atoms with E-state index in [0.717, 1.165) is 29.0 Å². The summed E-state index contributed by atoms with van der Waals surface area (Å²) in [7, 11) is -2.39. The minimum absolute atomic E-state index is 0.115. The van der Waals surface area contributed by atoms with Crippen molar-refractivity contribution in [3.63, 3.8) is 0 Å². The Morgan fingerprint density at radius 3 is 2.58 bits per heavy atom. The summed E-state index contributed by atoms with van der Waals surface area (Å²) in [5, 5.41) is 1.47. The maximum Gasteiger partial charge on any atom is 0.244 e. The molecule has 1 unspecified atom stereocenters. The quantitative estimate of drug-likeness (QED) is 0.672. The number of rotatable bonds is 5. The van der Waals surface area contributed by atoms with Crippen molar-refractivity contribution in [3.8, 4) is 5.75 Å². The third-order valence-corrected chi connectivity index (χ3v) is 6.81. The van der Waals surface area contributed by atoms with Gasteiger partial charge >= 0.3 is 0 Å². The highest BCUT2D eigenvalue weighted by Crippen LogP contribution is 2.29. The van der Waals surface area contributed by atoms with Gasteiger partial charge in [-0.05, 0) is 49.4 Å². The van der Waals surface area contributed by atoms with E-state index in [0.29, 0.717) is 16.4 Å². The van der Waals surface area contributed by atoms with Crippen LogP contribution < -0.4 is 10.1 Å². The SMILES string of the molecule is COc1ccc2nc(NC(=O)C(C)S(=O)(=O)c3ccc(F)cc3)sc2c1. The van der Waals surface area contributed by atoms with Crippen LogP contribution in [0.4, 0.5) is 9.52 Å². The molecule has 9 heteroatoms. The highest BCUT2D eigenvalue weighted by atomic mass is 32.2. The van der Waals surface area contributed by atoms with E-state index >= 15 is 0 Å². The molecule has 0 fully saturated rings. The summed E-state index contributed by atoms with van der Waals surface area (Å²) in [4.78, 5) is 16.5. The number of nitrogens with one attached hydrogen (secondary N) is 1. The van der Waals surface area contributed by atoms with Crippen molar-refractivity contribution in [2.45, 2.75) is 17.1 Å². The van der Waals surface area contributed by atoms with Crippen LogP contribution >= 0.6 is 11.3 Å². The van der Waals surface area contributed by atoms with E-state index in [1.807, 2.05) is 0 Å². The number of carbonyl (C=O) groups excluding carboxylic acids is 1. The summed E-state index contributed by atoms with van der Waals surface area (Å²) >= 11 is 1.21. The molecule has 0 bridgehead atoms. The number of amides is 1. The van der Waals surface area contributed by atoms with Crippen molar-refractivity contribution in [1.82, 2.24) is 4.98 Å². The van der Waals surface area contributed by atoms with E-state index in [4.69, 9.17) is 4.74 Å². The van der Waals surface area contributed by atoms with Crippen LogP contribution in [0.1, 0.15) is 6.92 Å². The Kier molecular flexibility index (Phi) is 4.92. The molecule has 1 heterocycles. The van der Waals surface area contributed by atoms with Gasteiger partial charge in [0.25, 0.3) is 0 Å². The number of nitrogens with zero attached hydrogens (tertiary/aromatic N) is 1. The number of ether oxygens (including phenoxy) is 1. The number of methoxy groups -OCH3 is 1. The van der Waals surface area contributed by atoms with Gasteiger partial charge in [0.1, 0.15) is 16.8 Å². The molecule has 0 aliphatic carbocycles. The maximum absolute atomic E-state index is 13.0.